The zero-order chi connectivity index (χ0) is 29.3. The van der Waals surface area contributed by atoms with Gasteiger partial charge in [0.25, 0.3) is 11.8 Å². The van der Waals surface area contributed by atoms with Crippen LogP contribution in [0.5, 0.6) is 5.75 Å². The summed E-state index contributed by atoms with van der Waals surface area (Å²) in [6.07, 6.45) is 1.47. The number of anilines is 3. The van der Waals surface area contributed by atoms with Crippen molar-refractivity contribution >= 4 is 57.5 Å². The first-order valence-corrected chi connectivity index (χ1v) is 14.2. The number of hydrogen-bond donors (Lipinski definition) is 3. The fourth-order valence-electron chi connectivity index (χ4n) is 3.83. The predicted molar refractivity (Wildman–Crippen MR) is 169 cm³/mol. The average molecular weight is 596 g/mol. The summed E-state index contributed by atoms with van der Waals surface area (Å²) < 4.78 is 5.68. The van der Waals surface area contributed by atoms with Crippen LogP contribution < -0.4 is 20.8 Å². The van der Waals surface area contributed by atoms with Crippen molar-refractivity contribution < 1.29 is 14.3 Å². The van der Waals surface area contributed by atoms with Crippen LogP contribution >= 0.6 is 22.9 Å². The van der Waals surface area contributed by atoms with E-state index < -0.39 is 0 Å². The Hall–Kier alpha value is -4.99. The smallest absolute Gasteiger partial charge is 0.271 e. The van der Waals surface area contributed by atoms with Crippen molar-refractivity contribution in [1.29, 1.82) is 0 Å². The van der Waals surface area contributed by atoms with Crippen molar-refractivity contribution in [2.24, 2.45) is 5.10 Å². The van der Waals surface area contributed by atoms with Crippen molar-refractivity contribution in [2.45, 2.75) is 6.92 Å². The van der Waals surface area contributed by atoms with Crippen LogP contribution in [0.3, 0.4) is 0 Å². The summed E-state index contributed by atoms with van der Waals surface area (Å²) in [6, 6.07) is 29.1. The minimum Gasteiger partial charge on any atom is -0.483 e. The van der Waals surface area contributed by atoms with Gasteiger partial charge in [0.15, 0.2) is 11.7 Å². The molecule has 4 aromatic carbocycles. The summed E-state index contributed by atoms with van der Waals surface area (Å²) in [5.41, 5.74) is 8.09. The van der Waals surface area contributed by atoms with Crippen molar-refractivity contribution in [2.75, 3.05) is 17.2 Å². The van der Waals surface area contributed by atoms with Gasteiger partial charge in [0.05, 0.1) is 11.9 Å². The van der Waals surface area contributed by atoms with Gasteiger partial charge >= 0.3 is 0 Å². The number of carbonyl (C=O) groups is 2. The SMILES string of the molecule is Cc1ccc(Nc2nc(-c3ccc(C(=O)N/N=C/c4ccccc4OCC(=O)Nc4ccc(Cl)cc4)cc3)cs2)cc1. The molecule has 3 N–H and O–H groups in total. The van der Waals surface area contributed by atoms with Gasteiger partial charge in [-0.3, -0.25) is 9.59 Å². The monoisotopic (exact) mass is 595 g/mol. The first-order chi connectivity index (χ1) is 20.4. The highest BCUT2D eigenvalue weighted by Gasteiger charge is 2.10. The molecule has 0 saturated heterocycles. The first kappa shape index (κ1) is 28.5. The van der Waals surface area contributed by atoms with Gasteiger partial charge in [0.2, 0.25) is 0 Å². The Labute approximate surface area is 252 Å². The summed E-state index contributed by atoms with van der Waals surface area (Å²) in [6.45, 7) is 1.85. The van der Waals surface area contributed by atoms with E-state index in [0.29, 0.717) is 27.6 Å². The van der Waals surface area contributed by atoms with Gasteiger partial charge in [-0.2, -0.15) is 5.10 Å². The second-order valence-corrected chi connectivity index (χ2v) is 10.5. The molecule has 0 aliphatic heterocycles. The molecule has 0 aliphatic rings. The summed E-state index contributed by atoms with van der Waals surface area (Å²) in [4.78, 5) is 29.6. The van der Waals surface area contributed by atoms with E-state index in [0.717, 1.165) is 22.1 Å². The molecule has 210 valence electrons. The Morgan fingerprint density at radius 2 is 1.64 bits per heavy atom. The number of aromatic nitrogens is 1. The number of hydrogen-bond acceptors (Lipinski definition) is 7. The van der Waals surface area contributed by atoms with Crippen molar-refractivity contribution in [3.8, 4) is 17.0 Å². The third kappa shape index (κ3) is 7.81. The third-order valence-corrected chi connectivity index (χ3v) is 7.04. The fraction of sp³-hybridized carbons (Fsp3) is 0.0625. The summed E-state index contributed by atoms with van der Waals surface area (Å²) >= 11 is 7.39. The van der Waals surface area contributed by atoms with Gasteiger partial charge < -0.3 is 15.4 Å². The lowest BCUT2D eigenvalue weighted by atomic mass is 10.1. The standard InChI is InChI=1S/C32H26ClN5O3S/c1-21-6-14-27(15-7-21)36-32-37-28(20-42-32)22-8-10-23(11-9-22)31(40)38-34-18-24-4-2-3-5-29(24)41-19-30(39)35-26-16-12-25(33)13-17-26/h2-18,20H,19H2,1H3,(H,35,39)(H,36,37)(H,38,40)/b34-18+. The molecule has 0 bridgehead atoms. The summed E-state index contributed by atoms with van der Waals surface area (Å²) in [5.74, 6) is -0.235. The highest BCUT2D eigenvalue weighted by Crippen LogP contribution is 2.27. The zero-order valence-electron chi connectivity index (χ0n) is 22.5. The molecule has 1 heterocycles. The average Bonchev–Trinajstić information content (AvgIpc) is 3.47. The van der Waals surface area contributed by atoms with Crippen molar-refractivity contribution in [3.63, 3.8) is 0 Å². The molecule has 8 nitrogen and oxygen atoms in total. The van der Waals surface area contributed by atoms with Crippen LogP contribution in [0.4, 0.5) is 16.5 Å². The Kier molecular flexibility index (Phi) is 9.23. The molecule has 0 saturated carbocycles. The van der Waals surface area contributed by atoms with Crippen LogP contribution in [-0.4, -0.2) is 29.6 Å². The summed E-state index contributed by atoms with van der Waals surface area (Å²) in [7, 11) is 0. The van der Waals surface area contributed by atoms with E-state index in [4.69, 9.17) is 16.3 Å². The van der Waals surface area contributed by atoms with Crippen LogP contribution in [0.25, 0.3) is 11.3 Å². The fourth-order valence-corrected chi connectivity index (χ4v) is 4.70. The Balaban J connectivity index is 1.14. The number of rotatable bonds is 10. The molecule has 5 aromatic rings. The van der Waals surface area contributed by atoms with Crippen LogP contribution in [0, 0.1) is 6.92 Å². The molecule has 42 heavy (non-hydrogen) atoms. The maximum Gasteiger partial charge on any atom is 0.271 e. The minimum absolute atomic E-state index is 0.200. The second kappa shape index (κ2) is 13.6. The number of amides is 2. The number of benzene rings is 4. The molecule has 1 aromatic heterocycles. The van der Waals surface area contributed by atoms with Gasteiger partial charge in [-0.1, -0.05) is 53.6 Å². The van der Waals surface area contributed by atoms with E-state index in [9.17, 15) is 9.59 Å². The van der Waals surface area contributed by atoms with Crippen molar-refractivity contribution in [1.82, 2.24) is 10.4 Å². The molecule has 0 atom stereocenters. The van der Waals surface area contributed by atoms with E-state index >= 15 is 0 Å². The highest BCUT2D eigenvalue weighted by molar-refractivity contribution is 7.14. The number of thiazole rings is 1. The van der Waals surface area contributed by atoms with Gasteiger partial charge in [-0.15, -0.1) is 11.3 Å². The lowest BCUT2D eigenvalue weighted by Gasteiger charge is -2.09. The number of nitrogens with one attached hydrogen (secondary N) is 3. The summed E-state index contributed by atoms with van der Waals surface area (Å²) in [5, 5.41) is 13.5. The van der Waals surface area contributed by atoms with Crippen LogP contribution in [0.2, 0.25) is 5.02 Å². The van der Waals surface area contributed by atoms with Crippen LogP contribution in [0.15, 0.2) is 108 Å². The van der Waals surface area contributed by atoms with E-state index in [2.05, 4.69) is 26.1 Å². The number of para-hydroxylation sites is 1. The zero-order valence-corrected chi connectivity index (χ0v) is 24.1. The van der Waals surface area contributed by atoms with Crippen LogP contribution in [0.1, 0.15) is 21.5 Å². The molecule has 0 spiro atoms. The first-order valence-electron chi connectivity index (χ1n) is 12.9. The molecule has 0 radical (unpaired) electrons. The third-order valence-electron chi connectivity index (χ3n) is 6.03. The molecular formula is C32H26ClN5O3S. The van der Waals surface area contributed by atoms with Crippen LogP contribution in [-0.2, 0) is 4.79 Å². The maximum absolute atomic E-state index is 12.7. The highest BCUT2D eigenvalue weighted by atomic mass is 35.5. The largest absolute Gasteiger partial charge is 0.483 e. The lowest BCUT2D eigenvalue weighted by molar-refractivity contribution is -0.118. The van der Waals surface area contributed by atoms with Gasteiger partial charge in [-0.25, -0.2) is 10.4 Å². The molecule has 2 amide bonds. The molecule has 0 unspecified atom stereocenters. The second-order valence-electron chi connectivity index (χ2n) is 9.19. The van der Waals surface area contributed by atoms with Gasteiger partial charge in [0.1, 0.15) is 5.75 Å². The maximum atomic E-state index is 12.7. The normalized spacial score (nSPS) is 10.8. The topological polar surface area (TPSA) is 105 Å². The number of halogens is 1. The number of hydrazone groups is 1. The number of aryl methyl sites for hydroxylation is 1. The number of ether oxygens (including phenoxy) is 1. The van der Waals surface area contributed by atoms with E-state index in [-0.39, 0.29) is 18.4 Å². The van der Waals surface area contributed by atoms with E-state index in [1.54, 1.807) is 54.6 Å². The molecule has 5 rings (SSSR count). The Morgan fingerprint density at radius 3 is 2.40 bits per heavy atom. The Bertz CT molecular complexity index is 1700. The Morgan fingerprint density at radius 1 is 0.929 bits per heavy atom. The number of nitrogens with zero attached hydrogens (tertiary/aromatic N) is 2. The van der Waals surface area contributed by atoms with Gasteiger partial charge in [0, 0.05) is 38.5 Å². The molecule has 0 aliphatic carbocycles. The molecular weight excluding hydrogens is 570 g/mol. The quantitative estimate of drug-likeness (QED) is 0.116. The van der Waals surface area contributed by atoms with Gasteiger partial charge in [-0.05, 0) is 67.6 Å². The molecule has 0 fully saturated rings. The minimum atomic E-state index is -0.362. The predicted octanol–water partition coefficient (Wildman–Crippen LogP) is 7.30. The number of carbonyl (C=O) groups excluding carboxylic acids is 2. The van der Waals surface area contributed by atoms with E-state index in [1.807, 2.05) is 54.8 Å². The van der Waals surface area contributed by atoms with E-state index in [1.165, 1.54) is 23.1 Å². The molecule has 10 heteroatoms. The lowest BCUT2D eigenvalue weighted by Crippen LogP contribution is -2.20. The van der Waals surface area contributed by atoms with Crippen molar-refractivity contribution in [3.05, 3.63) is 124 Å².